The lowest BCUT2D eigenvalue weighted by Gasteiger charge is -2.24. The van der Waals surface area contributed by atoms with Crippen LogP contribution in [0.5, 0.6) is 0 Å². The van der Waals surface area contributed by atoms with Crippen molar-refractivity contribution < 1.29 is 42.1 Å². The van der Waals surface area contributed by atoms with Crippen LogP contribution >= 0.6 is 7.82 Å². The van der Waals surface area contributed by atoms with Crippen LogP contribution in [0.15, 0.2) is 0 Å². The molecule has 2 unspecified atom stereocenters. The summed E-state index contributed by atoms with van der Waals surface area (Å²) >= 11 is 0. The zero-order chi connectivity index (χ0) is 40.0. The molecule has 0 saturated heterocycles. The summed E-state index contributed by atoms with van der Waals surface area (Å²) in [4.78, 5) is 35.1. The SMILES string of the molecule is CCCCCCCCCCCCCCCCCCCCCCCCCCC(=O)OC(COC(=O)CCCCCCCC)COP(=O)(O)OCC[N+](C)(C)C. The van der Waals surface area contributed by atoms with Crippen molar-refractivity contribution in [1.29, 1.82) is 0 Å². The van der Waals surface area contributed by atoms with Gasteiger partial charge >= 0.3 is 19.8 Å². The van der Waals surface area contributed by atoms with Crippen LogP contribution in [0.25, 0.3) is 0 Å². The Morgan fingerprint density at radius 3 is 1.19 bits per heavy atom. The Morgan fingerprint density at radius 1 is 0.500 bits per heavy atom. The number of rotatable bonds is 42. The molecular weight excluding hydrogens is 701 g/mol. The van der Waals surface area contributed by atoms with Crippen LogP contribution in [0, 0.1) is 0 Å². The average Bonchev–Trinajstić information content (AvgIpc) is 3.12. The van der Waals surface area contributed by atoms with Crippen molar-refractivity contribution in [2.45, 2.75) is 225 Å². The normalized spacial score (nSPS) is 13.5. The second-order valence-electron chi connectivity index (χ2n) is 16.8. The maximum absolute atomic E-state index is 12.6. The summed E-state index contributed by atoms with van der Waals surface area (Å²) in [7, 11) is 1.49. The van der Waals surface area contributed by atoms with Crippen LogP contribution in [-0.2, 0) is 32.7 Å². The molecule has 0 aromatic heterocycles. The van der Waals surface area contributed by atoms with Crippen LogP contribution < -0.4 is 0 Å². The molecule has 2 atom stereocenters. The quantitative estimate of drug-likeness (QED) is 0.0282. The first kappa shape index (κ1) is 53.0. The molecule has 0 radical (unpaired) electrons. The lowest BCUT2D eigenvalue weighted by Crippen LogP contribution is -2.37. The van der Waals surface area contributed by atoms with Crippen molar-refractivity contribution in [2.75, 3.05) is 47.5 Å². The maximum Gasteiger partial charge on any atom is 0.472 e. The number of hydrogen-bond donors (Lipinski definition) is 1. The van der Waals surface area contributed by atoms with Crippen LogP contribution in [0.1, 0.15) is 219 Å². The number of esters is 2. The second-order valence-corrected chi connectivity index (χ2v) is 18.3. The minimum atomic E-state index is -4.36. The van der Waals surface area contributed by atoms with Gasteiger partial charge in [0.05, 0.1) is 27.7 Å². The van der Waals surface area contributed by atoms with Gasteiger partial charge in [-0.2, -0.15) is 0 Å². The number of unbranched alkanes of at least 4 members (excludes halogenated alkanes) is 28. The smallest absolute Gasteiger partial charge is 0.462 e. The van der Waals surface area contributed by atoms with E-state index in [1.807, 2.05) is 21.1 Å². The number of phosphoric ester groups is 1. The molecule has 0 spiro atoms. The molecule has 9 nitrogen and oxygen atoms in total. The van der Waals surface area contributed by atoms with Gasteiger partial charge in [0, 0.05) is 12.8 Å². The van der Waals surface area contributed by atoms with E-state index in [2.05, 4.69) is 13.8 Å². The maximum atomic E-state index is 12.6. The molecule has 0 aromatic rings. The first-order valence-electron chi connectivity index (χ1n) is 22.8. The molecule has 0 aliphatic heterocycles. The molecule has 10 heteroatoms. The number of quaternary nitrogens is 1. The van der Waals surface area contributed by atoms with Gasteiger partial charge in [-0.05, 0) is 12.8 Å². The van der Waals surface area contributed by atoms with Gasteiger partial charge < -0.3 is 18.9 Å². The fourth-order valence-electron chi connectivity index (χ4n) is 6.54. The third kappa shape index (κ3) is 40.7. The highest BCUT2D eigenvalue weighted by molar-refractivity contribution is 7.47. The summed E-state index contributed by atoms with van der Waals surface area (Å²) in [6, 6.07) is 0. The fraction of sp³-hybridized carbons (Fsp3) is 0.955. The van der Waals surface area contributed by atoms with E-state index in [9.17, 15) is 19.0 Å². The number of ether oxygens (including phenoxy) is 2. The average molecular weight is 791 g/mol. The van der Waals surface area contributed by atoms with Crippen molar-refractivity contribution in [3.63, 3.8) is 0 Å². The molecule has 0 heterocycles. The lowest BCUT2D eigenvalue weighted by atomic mass is 10.0. The Hall–Kier alpha value is -0.990. The van der Waals surface area contributed by atoms with E-state index in [-0.39, 0.29) is 25.6 Å². The summed E-state index contributed by atoms with van der Waals surface area (Å²) in [5.74, 6) is -0.795. The molecule has 0 fully saturated rings. The molecule has 0 bridgehead atoms. The molecule has 0 saturated carbocycles. The number of carbonyl (C=O) groups is 2. The first-order chi connectivity index (χ1) is 26.0. The van der Waals surface area contributed by atoms with Gasteiger partial charge in [0.15, 0.2) is 6.10 Å². The standard InChI is InChI=1S/C44H88NO8P/c1-6-8-10-12-14-15-16-17-18-19-20-21-22-23-24-25-26-27-28-29-30-31-33-35-37-44(47)53-42(40-50-43(46)36-34-32-13-11-9-7-2)41-52-54(48,49)51-39-38-45(3,4)5/h42H,6-41H2,1-5H3/p+1. The molecule has 0 aliphatic carbocycles. The highest BCUT2D eigenvalue weighted by Gasteiger charge is 2.27. The molecular formula is C44H89NO8P+. The molecule has 0 amide bonds. The zero-order valence-electron chi connectivity index (χ0n) is 36.2. The van der Waals surface area contributed by atoms with E-state index in [4.69, 9.17) is 18.5 Å². The monoisotopic (exact) mass is 791 g/mol. The Balaban J connectivity index is 4.03. The van der Waals surface area contributed by atoms with E-state index in [1.54, 1.807) is 0 Å². The van der Waals surface area contributed by atoms with Crippen molar-refractivity contribution in [2.24, 2.45) is 0 Å². The summed E-state index contributed by atoms with van der Waals surface area (Å²) in [6.07, 6.45) is 37.7. The number of likely N-dealkylation sites (N-methyl/N-ethyl adjacent to an activating group) is 1. The second kappa shape index (κ2) is 37.6. The van der Waals surface area contributed by atoms with E-state index in [0.29, 0.717) is 17.4 Å². The number of nitrogens with zero attached hydrogens (tertiary/aromatic N) is 1. The van der Waals surface area contributed by atoms with Crippen molar-refractivity contribution in [1.82, 2.24) is 0 Å². The molecule has 0 aromatic carbocycles. The van der Waals surface area contributed by atoms with E-state index in [0.717, 1.165) is 38.5 Å². The Morgan fingerprint density at radius 2 is 0.833 bits per heavy atom. The third-order valence-corrected chi connectivity index (χ3v) is 11.1. The highest BCUT2D eigenvalue weighted by Crippen LogP contribution is 2.43. The lowest BCUT2D eigenvalue weighted by molar-refractivity contribution is -0.870. The zero-order valence-corrected chi connectivity index (χ0v) is 37.1. The van der Waals surface area contributed by atoms with E-state index < -0.39 is 26.5 Å². The Bertz CT molecular complexity index is 896. The first-order valence-corrected chi connectivity index (χ1v) is 24.3. The molecule has 322 valence electrons. The predicted octanol–water partition coefficient (Wildman–Crippen LogP) is 12.8. The number of phosphoric acid groups is 1. The van der Waals surface area contributed by atoms with Crippen molar-refractivity contribution in [3.8, 4) is 0 Å². The van der Waals surface area contributed by atoms with Crippen LogP contribution in [0.4, 0.5) is 0 Å². The summed E-state index contributed by atoms with van der Waals surface area (Å²) in [5.41, 5.74) is 0. The van der Waals surface area contributed by atoms with Gasteiger partial charge in [0.25, 0.3) is 0 Å². The van der Waals surface area contributed by atoms with Gasteiger partial charge in [-0.1, -0.05) is 194 Å². The third-order valence-electron chi connectivity index (χ3n) is 10.1. The number of hydrogen-bond acceptors (Lipinski definition) is 7. The van der Waals surface area contributed by atoms with Crippen LogP contribution in [0.3, 0.4) is 0 Å². The fourth-order valence-corrected chi connectivity index (χ4v) is 7.29. The van der Waals surface area contributed by atoms with Gasteiger partial charge in [0.1, 0.15) is 19.8 Å². The predicted molar refractivity (Wildman–Crippen MR) is 225 cm³/mol. The van der Waals surface area contributed by atoms with E-state index >= 15 is 0 Å². The minimum absolute atomic E-state index is 0.0362. The molecule has 1 N–H and O–H groups in total. The molecule has 54 heavy (non-hydrogen) atoms. The Kier molecular flexibility index (Phi) is 36.9. The van der Waals surface area contributed by atoms with Crippen molar-refractivity contribution in [3.05, 3.63) is 0 Å². The number of carbonyl (C=O) groups excluding carboxylic acids is 2. The van der Waals surface area contributed by atoms with Crippen LogP contribution in [-0.4, -0.2) is 74.9 Å². The van der Waals surface area contributed by atoms with Gasteiger partial charge in [-0.3, -0.25) is 18.6 Å². The van der Waals surface area contributed by atoms with Crippen molar-refractivity contribution >= 4 is 19.8 Å². The van der Waals surface area contributed by atoms with E-state index in [1.165, 1.54) is 154 Å². The minimum Gasteiger partial charge on any atom is -0.462 e. The summed E-state index contributed by atoms with van der Waals surface area (Å²) < 4.78 is 34.1. The molecule has 0 rings (SSSR count). The highest BCUT2D eigenvalue weighted by atomic mass is 31.2. The van der Waals surface area contributed by atoms with Gasteiger partial charge in [0.2, 0.25) is 0 Å². The van der Waals surface area contributed by atoms with Gasteiger partial charge in [-0.15, -0.1) is 0 Å². The summed E-state index contributed by atoms with van der Waals surface area (Å²) in [6.45, 7) is 4.39. The topological polar surface area (TPSA) is 108 Å². The molecule has 0 aliphatic rings. The van der Waals surface area contributed by atoms with Gasteiger partial charge in [-0.25, -0.2) is 4.57 Å². The Labute approximate surface area is 334 Å². The summed E-state index contributed by atoms with van der Waals surface area (Å²) in [5, 5.41) is 0. The van der Waals surface area contributed by atoms with Crippen LogP contribution in [0.2, 0.25) is 0 Å². The largest absolute Gasteiger partial charge is 0.472 e.